The summed E-state index contributed by atoms with van der Waals surface area (Å²) in [5.74, 6) is -1.37. The van der Waals surface area contributed by atoms with E-state index in [1.807, 2.05) is 6.07 Å². The summed E-state index contributed by atoms with van der Waals surface area (Å²) in [4.78, 5) is 37.3. The van der Waals surface area contributed by atoms with Crippen LogP contribution in [0.2, 0.25) is 5.02 Å². The molecule has 1 aromatic carbocycles. The van der Waals surface area contributed by atoms with Gasteiger partial charge in [-0.15, -0.1) is 11.3 Å². The van der Waals surface area contributed by atoms with Crippen LogP contribution in [0.25, 0.3) is 0 Å². The van der Waals surface area contributed by atoms with Crippen LogP contribution in [0, 0.1) is 23.7 Å². The smallest absolute Gasteiger partial charge is 0.349 e. The lowest BCUT2D eigenvalue weighted by molar-refractivity contribution is -0.124. The lowest BCUT2D eigenvalue weighted by Gasteiger charge is -2.16. The fourth-order valence-corrected chi connectivity index (χ4v) is 3.41. The Morgan fingerprint density at radius 3 is 2.43 bits per heavy atom. The number of aryl methyl sites for hydroxylation is 1. The average Bonchev–Trinajstić information content (AvgIpc) is 3.01. The zero-order valence-corrected chi connectivity index (χ0v) is 18.8. The highest BCUT2D eigenvalue weighted by Crippen LogP contribution is 2.29. The van der Waals surface area contributed by atoms with Gasteiger partial charge in [-0.1, -0.05) is 32.4 Å². The van der Waals surface area contributed by atoms with E-state index in [-0.39, 0.29) is 16.5 Å². The van der Waals surface area contributed by atoms with E-state index in [1.54, 1.807) is 33.8 Å². The molecule has 2 rings (SSSR count). The second-order valence-electron chi connectivity index (χ2n) is 7.67. The van der Waals surface area contributed by atoms with Crippen LogP contribution in [0.5, 0.6) is 0 Å². The Labute approximate surface area is 184 Å². The largest absolute Gasteiger partial charge is 0.448 e. The third kappa shape index (κ3) is 5.81. The zero-order chi connectivity index (χ0) is 22.6. The molecule has 7 nitrogen and oxygen atoms in total. The Bertz CT molecular complexity index is 1030. The zero-order valence-electron chi connectivity index (χ0n) is 17.3. The van der Waals surface area contributed by atoms with E-state index in [9.17, 15) is 14.4 Å². The lowest BCUT2D eigenvalue weighted by Crippen LogP contribution is -2.30. The standard InChI is InChI=1S/C21H22ClN3O4S/c1-11-8-16(25-20(28)21(3,4)5)30-17(11)19(27)29-12(2)18(26)24-14-7-6-13(10-23)15(22)9-14/h6-9,12H,1-5H3,(H,24,26)(H,25,28). The summed E-state index contributed by atoms with van der Waals surface area (Å²) in [7, 11) is 0. The van der Waals surface area contributed by atoms with Gasteiger partial charge in [0.1, 0.15) is 10.9 Å². The van der Waals surface area contributed by atoms with Crippen LogP contribution in [0.4, 0.5) is 10.7 Å². The maximum Gasteiger partial charge on any atom is 0.349 e. The number of hydrogen-bond donors (Lipinski definition) is 2. The molecule has 1 aromatic heterocycles. The molecule has 0 spiro atoms. The van der Waals surface area contributed by atoms with Crippen molar-refractivity contribution in [2.45, 2.75) is 40.7 Å². The maximum atomic E-state index is 12.5. The predicted molar refractivity (Wildman–Crippen MR) is 117 cm³/mol. The third-order valence-electron chi connectivity index (χ3n) is 4.03. The first kappa shape index (κ1) is 23.4. The van der Waals surface area contributed by atoms with Crippen molar-refractivity contribution in [3.05, 3.63) is 45.3 Å². The van der Waals surface area contributed by atoms with Gasteiger partial charge in [0, 0.05) is 11.1 Å². The van der Waals surface area contributed by atoms with Crippen molar-refractivity contribution in [1.82, 2.24) is 0 Å². The van der Waals surface area contributed by atoms with Gasteiger partial charge < -0.3 is 15.4 Å². The first-order chi connectivity index (χ1) is 13.9. The average molecular weight is 448 g/mol. The fraction of sp³-hybridized carbons (Fsp3) is 0.333. The normalized spacial score (nSPS) is 11.9. The summed E-state index contributed by atoms with van der Waals surface area (Å²) >= 11 is 7.04. The molecular formula is C21H22ClN3O4S. The van der Waals surface area contributed by atoms with Gasteiger partial charge in [0.2, 0.25) is 5.91 Å². The highest BCUT2D eigenvalue weighted by atomic mass is 35.5. The summed E-state index contributed by atoms with van der Waals surface area (Å²) < 4.78 is 5.27. The van der Waals surface area contributed by atoms with Crippen molar-refractivity contribution in [1.29, 1.82) is 5.26 Å². The Hall–Kier alpha value is -2.89. The Balaban J connectivity index is 2.03. The Morgan fingerprint density at radius 2 is 1.87 bits per heavy atom. The first-order valence-electron chi connectivity index (χ1n) is 9.05. The van der Waals surface area contributed by atoms with Crippen LogP contribution in [0.15, 0.2) is 24.3 Å². The van der Waals surface area contributed by atoms with Crippen LogP contribution in [-0.2, 0) is 14.3 Å². The highest BCUT2D eigenvalue weighted by molar-refractivity contribution is 7.18. The number of anilines is 2. The van der Waals surface area contributed by atoms with E-state index in [2.05, 4.69) is 10.6 Å². The number of nitrogens with one attached hydrogen (secondary N) is 2. The van der Waals surface area contributed by atoms with Crippen LogP contribution in [0.3, 0.4) is 0 Å². The molecule has 2 amide bonds. The molecule has 1 unspecified atom stereocenters. The highest BCUT2D eigenvalue weighted by Gasteiger charge is 2.25. The monoisotopic (exact) mass is 447 g/mol. The molecule has 0 saturated carbocycles. The first-order valence-corrected chi connectivity index (χ1v) is 10.2. The molecule has 30 heavy (non-hydrogen) atoms. The van der Waals surface area contributed by atoms with Crippen molar-refractivity contribution < 1.29 is 19.1 Å². The number of amides is 2. The topological polar surface area (TPSA) is 108 Å². The lowest BCUT2D eigenvalue weighted by atomic mass is 9.96. The van der Waals surface area contributed by atoms with Crippen molar-refractivity contribution in [2.75, 3.05) is 10.6 Å². The van der Waals surface area contributed by atoms with Gasteiger partial charge in [-0.3, -0.25) is 9.59 Å². The fourth-order valence-electron chi connectivity index (χ4n) is 2.24. The van der Waals surface area contributed by atoms with Gasteiger partial charge in [0.05, 0.1) is 15.6 Å². The van der Waals surface area contributed by atoms with Gasteiger partial charge in [0.15, 0.2) is 6.10 Å². The van der Waals surface area contributed by atoms with Crippen molar-refractivity contribution in [3.63, 3.8) is 0 Å². The van der Waals surface area contributed by atoms with Gasteiger partial charge in [0.25, 0.3) is 5.91 Å². The molecule has 1 heterocycles. The minimum absolute atomic E-state index is 0.169. The summed E-state index contributed by atoms with van der Waals surface area (Å²) in [5.41, 5.74) is 0.739. The van der Waals surface area contributed by atoms with Crippen LogP contribution >= 0.6 is 22.9 Å². The molecule has 158 valence electrons. The van der Waals surface area contributed by atoms with Crippen molar-refractivity contribution in [2.24, 2.45) is 5.41 Å². The van der Waals surface area contributed by atoms with E-state index in [0.717, 1.165) is 11.3 Å². The number of esters is 1. The molecule has 0 bridgehead atoms. The number of benzene rings is 1. The summed E-state index contributed by atoms with van der Waals surface area (Å²) in [6.07, 6.45) is -1.07. The van der Waals surface area contributed by atoms with Gasteiger partial charge >= 0.3 is 5.97 Å². The number of thiophene rings is 1. The molecule has 0 aliphatic heterocycles. The second-order valence-corrected chi connectivity index (χ2v) is 9.13. The van der Waals surface area contributed by atoms with E-state index in [0.29, 0.717) is 21.1 Å². The van der Waals surface area contributed by atoms with Crippen molar-refractivity contribution >= 4 is 51.4 Å². The van der Waals surface area contributed by atoms with E-state index < -0.39 is 23.4 Å². The number of halogens is 1. The Kier molecular flexibility index (Phi) is 7.24. The van der Waals surface area contributed by atoms with E-state index >= 15 is 0 Å². The molecule has 0 aliphatic rings. The number of carbonyl (C=O) groups excluding carboxylic acids is 3. The maximum absolute atomic E-state index is 12.5. The van der Waals surface area contributed by atoms with Crippen LogP contribution in [0.1, 0.15) is 48.5 Å². The summed E-state index contributed by atoms with van der Waals surface area (Å²) in [6.45, 7) is 8.55. The molecular weight excluding hydrogens is 426 g/mol. The summed E-state index contributed by atoms with van der Waals surface area (Å²) in [5, 5.41) is 15.0. The number of carbonyl (C=O) groups is 3. The summed E-state index contributed by atoms with van der Waals surface area (Å²) in [6, 6.07) is 8.08. The number of nitriles is 1. The minimum atomic E-state index is -1.07. The molecule has 0 radical (unpaired) electrons. The number of nitrogens with zero attached hydrogens (tertiary/aromatic N) is 1. The number of hydrogen-bond acceptors (Lipinski definition) is 6. The SMILES string of the molecule is Cc1cc(NC(=O)C(C)(C)C)sc1C(=O)OC(C)C(=O)Nc1ccc(C#N)c(Cl)c1. The van der Waals surface area contributed by atoms with Crippen LogP contribution < -0.4 is 10.6 Å². The van der Waals surface area contributed by atoms with E-state index in [1.165, 1.54) is 25.1 Å². The van der Waals surface area contributed by atoms with Crippen molar-refractivity contribution in [3.8, 4) is 6.07 Å². The van der Waals surface area contributed by atoms with E-state index in [4.69, 9.17) is 21.6 Å². The molecule has 0 aliphatic carbocycles. The third-order valence-corrected chi connectivity index (χ3v) is 5.48. The molecule has 0 saturated heterocycles. The quantitative estimate of drug-likeness (QED) is 0.643. The number of rotatable bonds is 5. The Morgan fingerprint density at radius 1 is 1.20 bits per heavy atom. The molecule has 2 N–H and O–H groups in total. The van der Waals surface area contributed by atoms with Gasteiger partial charge in [-0.25, -0.2) is 4.79 Å². The molecule has 9 heteroatoms. The van der Waals surface area contributed by atoms with Gasteiger partial charge in [-0.2, -0.15) is 5.26 Å². The second kappa shape index (κ2) is 9.28. The molecule has 1 atom stereocenters. The van der Waals surface area contributed by atoms with Crippen LogP contribution in [-0.4, -0.2) is 23.9 Å². The van der Waals surface area contributed by atoms with Gasteiger partial charge in [-0.05, 0) is 43.7 Å². The minimum Gasteiger partial charge on any atom is -0.448 e. The molecule has 2 aromatic rings. The number of ether oxygens (including phenoxy) is 1. The predicted octanol–water partition coefficient (Wildman–Crippen LogP) is 4.75. The molecule has 0 fully saturated rings.